The van der Waals surface area contributed by atoms with Gasteiger partial charge < -0.3 is 20.0 Å². The molecule has 0 aliphatic carbocycles. The fourth-order valence-electron chi connectivity index (χ4n) is 4.84. The predicted molar refractivity (Wildman–Crippen MR) is 115 cm³/mol. The number of likely N-dealkylation sites (tertiary alicyclic amines) is 1. The number of anilines is 1. The number of rotatable bonds is 5. The molecule has 2 heterocycles. The molecule has 0 aromatic heterocycles. The van der Waals surface area contributed by atoms with Crippen molar-refractivity contribution in [3.63, 3.8) is 0 Å². The summed E-state index contributed by atoms with van der Waals surface area (Å²) in [4.78, 5) is 28.8. The van der Waals surface area contributed by atoms with Gasteiger partial charge in [-0.15, -0.1) is 0 Å². The van der Waals surface area contributed by atoms with E-state index in [0.29, 0.717) is 43.1 Å². The molecule has 30 heavy (non-hydrogen) atoms. The van der Waals surface area contributed by atoms with Gasteiger partial charge in [0, 0.05) is 24.3 Å². The number of benzene rings is 2. The highest BCUT2D eigenvalue weighted by molar-refractivity contribution is 6.31. The Kier molecular flexibility index (Phi) is 5.47. The van der Waals surface area contributed by atoms with Gasteiger partial charge in [0.15, 0.2) is 0 Å². The number of aliphatic carboxylic acids is 1. The number of phenolic OH excluding ortho intramolecular Hbond substituents is 1. The molecule has 1 unspecified atom stereocenters. The molecule has 2 aliphatic heterocycles. The smallest absolute Gasteiger partial charge is 0.308 e. The first-order chi connectivity index (χ1) is 14.3. The maximum Gasteiger partial charge on any atom is 0.308 e. The van der Waals surface area contributed by atoms with Gasteiger partial charge >= 0.3 is 5.97 Å². The van der Waals surface area contributed by atoms with Crippen LogP contribution >= 0.6 is 11.6 Å². The van der Waals surface area contributed by atoms with Crippen LogP contribution < -0.4 is 4.90 Å². The Morgan fingerprint density at radius 2 is 1.90 bits per heavy atom. The molecule has 0 radical (unpaired) electrons. The van der Waals surface area contributed by atoms with Crippen LogP contribution in [0.4, 0.5) is 5.69 Å². The summed E-state index contributed by atoms with van der Waals surface area (Å²) in [5, 5.41) is 19.9. The second-order valence-corrected chi connectivity index (χ2v) is 8.69. The molecule has 1 amide bonds. The van der Waals surface area contributed by atoms with Gasteiger partial charge in [0.25, 0.3) is 0 Å². The minimum atomic E-state index is -0.892. The summed E-state index contributed by atoms with van der Waals surface area (Å²) in [6, 6.07) is 12.5. The van der Waals surface area contributed by atoms with Crippen molar-refractivity contribution in [3.8, 4) is 5.75 Å². The molecule has 1 saturated heterocycles. The predicted octanol–water partition coefficient (Wildman–Crippen LogP) is 3.30. The topological polar surface area (TPSA) is 81.1 Å². The lowest BCUT2D eigenvalue weighted by Gasteiger charge is -2.39. The average Bonchev–Trinajstić information content (AvgIpc) is 2.94. The van der Waals surface area contributed by atoms with Crippen LogP contribution in [0.3, 0.4) is 0 Å². The molecule has 2 aromatic rings. The van der Waals surface area contributed by atoms with Gasteiger partial charge in [-0.1, -0.05) is 29.8 Å². The summed E-state index contributed by atoms with van der Waals surface area (Å²) in [5.41, 5.74) is 2.17. The van der Waals surface area contributed by atoms with Gasteiger partial charge in [-0.25, -0.2) is 0 Å². The van der Waals surface area contributed by atoms with E-state index in [4.69, 9.17) is 11.6 Å². The van der Waals surface area contributed by atoms with Crippen LogP contribution in [0, 0.1) is 5.92 Å². The van der Waals surface area contributed by atoms with Gasteiger partial charge in [-0.3, -0.25) is 9.59 Å². The van der Waals surface area contributed by atoms with E-state index in [0.717, 1.165) is 11.3 Å². The van der Waals surface area contributed by atoms with E-state index in [1.807, 2.05) is 31.3 Å². The number of carboxylic acid groups (broad SMARTS) is 1. The van der Waals surface area contributed by atoms with Crippen LogP contribution in [-0.4, -0.2) is 53.7 Å². The second kappa shape index (κ2) is 7.93. The van der Waals surface area contributed by atoms with E-state index < -0.39 is 17.3 Å². The lowest BCUT2D eigenvalue weighted by atomic mass is 9.73. The van der Waals surface area contributed by atoms with E-state index in [1.165, 1.54) is 12.1 Å². The molecule has 158 valence electrons. The number of amides is 1. The Hall–Kier alpha value is -2.57. The Bertz CT molecular complexity index is 985. The normalized spacial score (nSPS) is 19.1. The van der Waals surface area contributed by atoms with E-state index >= 15 is 0 Å². The van der Waals surface area contributed by atoms with Gasteiger partial charge in [0.2, 0.25) is 5.91 Å². The molecule has 4 rings (SSSR count). The van der Waals surface area contributed by atoms with Crippen molar-refractivity contribution in [1.82, 2.24) is 4.90 Å². The number of phenols is 1. The number of likely N-dealkylation sites (N-methyl/N-ethyl adjacent to an activating group) is 1. The minimum Gasteiger partial charge on any atom is -0.508 e. The molecule has 1 fully saturated rings. The first-order valence-corrected chi connectivity index (χ1v) is 10.5. The number of fused-ring (bicyclic) bond motifs is 2. The molecule has 7 heteroatoms. The quantitative estimate of drug-likeness (QED) is 0.763. The van der Waals surface area contributed by atoms with Crippen molar-refractivity contribution >= 4 is 29.2 Å². The lowest BCUT2D eigenvalue weighted by molar-refractivity contribution is -0.142. The van der Waals surface area contributed by atoms with Gasteiger partial charge in [-0.2, -0.15) is 0 Å². The Balaban J connectivity index is 1.47. The number of nitrogens with zero attached hydrogens (tertiary/aromatic N) is 2. The van der Waals surface area contributed by atoms with Crippen LogP contribution in [0.5, 0.6) is 5.75 Å². The molecular weight excluding hydrogens is 404 g/mol. The van der Waals surface area contributed by atoms with E-state index in [9.17, 15) is 19.8 Å². The van der Waals surface area contributed by atoms with Crippen molar-refractivity contribution < 1.29 is 19.8 Å². The van der Waals surface area contributed by atoms with Crippen molar-refractivity contribution in [1.29, 1.82) is 0 Å². The molecular formula is C23H25ClN2O4. The molecule has 6 nitrogen and oxygen atoms in total. The van der Waals surface area contributed by atoms with Crippen LogP contribution in [-0.2, 0) is 21.4 Å². The van der Waals surface area contributed by atoms with E-state index in [-0.39, 0.29) is 18.1 Å². The van der Waals surface area contributed by atoms with Crippen molar-refractivity contribution in [3.05, 3.63) is 58.6 Å². The Morgan fingerprint density at radius 1 is 1.20 bits per heavy atom. The highest BCUT2D eigenvalue weighted by Gasteiger charge is 2.50. The number of carbonyl (C=O) groups excluding carboxylic acids is 1. The first-order valence-electron chi connectivity index (χ1n) is 10.1. The zero-order valence-electron chi connectivity index (χ0n) is 16.8. The number of piperidine rings is 1. The second-order valence-electron chi connectivity index (χ2n) is 8.28. The molecule has 0 saturated carbocycles. The Morgan fingerprint density at radius 3 is 2.60 bits per heavy atom. The summed E-state index contributed by atoms with van der Waals surface area (Å²) < 4.78 is 0. The van der Waals surface area contributed by atoms with Crippen LogP contribution in [0.2, 0.25) is 5.02 Å². The third kappa shape index (κ3) is 3.55. The minimum absolute atomic E-state index is 0.0704. The summed E-state index contributed by atoms with van der Waals surface area (Å²) >= 11 is 6.19. The average molecular weight is 429 g/mol. The van der Waals surface area contributed by atoms with Crippen molar-refractivity contribution in [2.75, 3.05) is 31.6 Å². The fraction of sp³-hybridized carbons (Fsp3) is 0.391. The van der Waals surface area contributed by atoms with Gasteiger partial charge in [0.05, 0.1) is 11.3 Å². The lowest BCUT2D eigenvalue weighted by Crippen LogP contribution is -2.49. The zero-order chi connectivity index (χ0) is 21.5. The SMILES string of the molecule is CN1C(=O)C2(CCN(CC(Cc3cc(O)ccc3Cl)C(=O)O)CC2)c2ccccc21. The van der Waals surface area contributed by atoms with Crippen LogP contribution in [0.1, 0.15) is 24.0 Å². The first kappa shape index (κ1) is 20.7. The summed E-state index contributed by atoms with van der Waals surface area (Å²) in [6.45, 7) is 1.69. The standard InChI is InChI=1S/C23H25ClN2O4/c1-25-20-5-3-2-4-18(20)23(22(25)30)8-10-26(11-9-23)14-16(21(28)29)12-15-13-17(27)6-7-19(15)24/h2-7,13,16,27H,8-12,14H2,1H3,(H,28,29). The zero-order valence-corrected chi connectivity index (χ0v) is 17.6. The van der Waals surface area contributed by atoms with Gasteiger partial charge in [-0.05, 0) is 67.7 Å². The number of hydrogen-bond donors (Lipinski definition) is 2. The van der Waals surface area contributed by atoms with Crippen molar-refractivity contribution in [2.24, 2.45) is 5.92 Å². The van der Waals surface area contributed by atoms with Crippen LogP contribution in [0.15, 0.2) is 42.5 Å². The van der Waals surface area contributed by atoms with Crippen molar-refractivity contribution in [2.45, 2.75) is 24.7 Å². The van der Waals surface area contributed by atoms with E-state index in [2.05, 4.69) is 4.90 Å². The number of carboxylic acids is 1. The van der Waals surface area contributed by atoms with Gasteiger partial charge in [0.1, 0.15) is 5.75 Å². The maximum absolute atomic E-state index is 13.1. The highest BCUT2D eigenvalue weighted by atomic mass is 35.5. The number of carbonyl (C=O) groups is 2. The molecule has 2 aliphatic rings. The summed E-state index contributed by atoms with van der Waals surface area (Å²) in [7, 11) is 1.82. The number of para-hydroxylation sites is 1. The van der Waals surface area contributed by atoms with E-state index in [1.54, 1.807) is 11.0 Å². The van der Waals surface area contributed by atoms with Crippen LogP contribution in [0.25, 0.3) is 0 Å². The molecule has 0 bridgehead atoms. The molecule has 1 atom stereocenters. The third-order valence-corrected chi connectivity index (χ3v) is 6.90. The largest absolute Gasteiger partial charge is 0.508 e. The monoisotopic (exact) mass is 428 g/mol. The Labute approximate surface area is 180 Å². The third-order valence-electron chi connectivity index (χ3n) is 6.53. The number of hydrogen-bond acceptors (Lipinski definition) is 4. The molecule has 1 spiro atoms. The fourth-order valence-corrected chi connectivity index (χ4v) is 5.04. The summed E-state index contributed by atoms with van der Waals surface area (Å²) in [5.74, 6) is -1.34. The molecule has 2 N–H and O–H groups in total. The maximum atomic E-state index is 13.1. The highest BCUT2D eigenvalue weighted by Crippen LogP contribution is 2.47. The molecule has 2 aromatic carbocycles. The number of aromatic hydroxyl groups is 1. The summed E-state index contributed by atoms with van der Waals surface area (Å²) in [6.07, 6.45) is 1.59. The number of halogens is 1.